The van der Waals surface area contributed by atoms with Gasteiger partial charge in [0.25, 0.3) is 5.09 Å². The van der Waals surface area contributed by atoms with Crippen LogP contribution in [-0.4, -0.2) is 11.2 Å². The second kappa shape index (κ2) is 4.16. The monoisotopic (exact) mass is 159 g/mol. The molecule has 1 fully saturated rings. The van der Waals surface area contributed by atoms with Gasteiger partial charge in [-0.2, -0.15) is 0 Å². The molecule has 1 rings (SSSR count). The quantitative estimate of drug-likeness (QED) is 0.351. The second-order valence-electron chi connectivity index (χ2n) is 2.94. The normalized spacial score (nSPS) is 20.7. The Balaban J connectivity index is 2.25. The Labute approximate surface area is 65.6 Å². The van der Waals surface area contributed by atoms with Gasteiger partial charge in [-0.25, -0.2) is 0 Å². The molecular formula is C7H13NO3. The third kappa shape index (κ3) is 3.20. The van der Waals surface area contributed by atoms with Gasteiger partial charge in [0.15, 0.2) is 0 Å². The van der Waals surface area contributed by atoms with Crippen LogP contribution in [0.5, 0.6) is 0 Å². The molecule has 0 bridgehead atoms. The molecule has 1 aliphatic carbocycles. The van der Waals surface area contributed by atoms with E-state index in [-0.39, 0.29) is 6.10 Å². The lowest BCUT2D eigenvalue weighted by molar-refractivity contribution is -0.769. The van der Waals surface area contributed by atoms with Crippen LogP contribution in [0.4, 0.5) is 0 Å². The van der Waals surface area contributed by atoms with Gasteiger partial charge in [-0.05, 0) is 12.8 Å². The average Bonchev–Trinajstić information content (AvgIpc) is 2.14. The van der Waals surface area contributed by atoms with Gasteiger partial charge < -0.3 is 4.84 Å². The van der Waals surface area contributed by atoms with Crippen molar-refractivity contribution in [2.75, 3.05) is 0 Å². The SMILES string of the molecule is O=[N+]([O-])OC1CCCCCC1. The standard InChI is InChI=1S/C7H13NO3/c9-8(10)11-7-5-3-1-2-4-6-7/h7H,1-6H2. The van der Waals surface area contributed by atoms with Crippen LogP contribution in [0.3, 0.4) is 0 Å². The van der Waals surface area contributed by atoms with Crippen molar-refractivity contribution >= 4 is 0 Å². The first kappa shape index (κ1) is 8.30. The van der Waals surface area contributed by atoms with E-state index >= 15 is 0 Å². The molecule has 0 aromatic carbocycles. The Hall–Kier alpha value is -0.800. The predicted molar refractivity (Wildman–Crippen MR) is 39.6 cm³/mol. The van der Waals surface area contributed by atoms with Crippen molar-refractivity contribution in [2.45, 2.75) is 44.6 Å². The van der Waals surface area contributed by atoms with Gasteiger partial charge in [-0.1, -0.05) is 25.7 Å². The Kier molecular flexibility index (Phi) is 3.14. The maximum atomic E-state index is 9.96. The molecule has 0 aliphatic heterocycles. The summed E-state index contributed by atoms with van der Waals surface area (Å²) in [6.07, 6.45) is 6.08. The molecule has 0 heterocycles. The summed E-state index contributed by atoms with van der Waals surface area (Å²) in [5, 5.41) is 9.29. The second-order valence-corrected chi connectivity index (χ2v) is 2.94. The molecular weight excluding hydrogens is 146 g/mol. The highest BCUT2D eigenvalue weighted by atomic mass is 17.0. The number of nitrogens with zero attached hydrogens (tertiary/aromatic N) is 1. The van der Waals surface area contributed by atoms with Crippen molar-refractivity contribution in [1.82, 2.24) is 0 Å². The summed E-state index contributed by atoms with van der Waals surface area (Å²) in [6.45, 7) is 0. The van der Waals surface area contributed by atoms with E-state index in [0.29, 0.717) is 0 Å². The minimum atomic E-state index is -0.671. The summed E-state index contributed by atoms with van der Waals surface area (Å²) in [4.78, 5) is 14.5. The predicted octanol–water partition coefficient (Wildman–Crippen LogP) is 1.92. The molecule has 0 atom stereocenters. The van der Waals surface area contributed by atoms with Crippen LogP contribution in [0.15, 0.2) is 0 Å². The molecule has 4 heteroatoms. The van der Waals surface area contributed by atoms with Crippen LogP contribution in [0.1, 0.15) is 38.5 Å². The van der Waals surface area contributed by atoms with E-state index in [4.69, 9.17) is 0 Å². The van der Waals surface area contributed by atoms with E-state index in [1.165, 1.54) is 12.8 Å². The van der Waals surface area contributed by atoms with Crippen LogP contribution in [0.2, 0.25) is 0 Å². The van der Waals surface area contributed by atoms with E-state index in [1.807, 2.05) is 0 Å². The number of hydrogen-bond acceptors (Lipinski definition) is 3. The first-order chi connectivity index (χ1) is 5.29. The van der Waals surface area contributed by atoms with Gasteiger partial charge in [0.1, 0.15) is 6.10 Å². The average molecular weight is 159 g/mol. The first-order valence-electron chi connectivity index (χ1n) is 4.10. The molecule has 0 aromatic heterocycles. The summed E-state index contributed by atoms with van der Waals surface area (Å²) in [7, 11) is 0. The summed E-state index contributed by atoms with van der Waals surface area (Å²) < 4.78 is 0. The lowest BCUT2D eigenvalue weighted by Gasteiger charge is -2.09. The first-order valence-corrected chi connectivity index (χ1v) is 4.10. The van der Waals surface area contributed by atoms with E-state index in [0.717, 1.165) is 25.7 Å². The van der Waals surface area contributed by atoms with E-state index in [1.54, 1.807) is 0 Å². The van der Waals surface area contributed by atoms with Crippen molar-refractivity contribution in [3.8, 4) is 0 Å². The molecule has 0 spiro atoms. The number of rotatable bonds is 2. The smallest absolute Gasteiger partial charge is 0.294 e. The Bertz CT molecular complexity index is 130. The highest BCUT2D eigenvalue weighted by Crippen LogP contribution is 2.19. The molecule has 4 nitrogen and oxygen atoms in total. The third-order valence-electron chi connectivity index (χ3n) is 2.04. The van der Waals surface area contributed by atoms with Crippen molar-refractivity contribution in [2.24, 2.45) is 0 Å². The van der Waals surface area contributed by atoms with Crippen LogP contribution < -0.4 is 0 Å². The van der Waals surface area contributed by atoms with Crippen molar-refractivity contribution in [3.05, 3.63) is 10.1 Å². The van der Waals surface area contributed by atoms with Crippen molar-refractivity contribution in [1.29, 1.82) is 0 Å². The van der Waals surface area contributed by atoms with Crippen molar-refractivity contribution in [3.63, 3.8) is 0 Å². The van der Waals surface area contributed by atoms with E-state index in [2.05, 4.69) is 4.84 Å². The van der Waals surface area contributed by atoms with Gasteiger partial charge in [-0.3, -0.25) is 0 Å². The minimum Gasteiger partial charge on any atom is -0.311 e. The third-order valence-corrected chi connectivity index (χ3v) is 2.04. The molecule has 0 saturated heterocycles. The maximum Gasteiger partial charge on any atom is 0.294 e. The van der Waals surface area contributed by atoms with E-state index < -0.39 is 5.09 Å². The molecule has 64 valence electrons. The fraction of sp³-hybridized carbons (Fsp3) is 1.00. The van der Waals surface area contributed by atoms with Gasteiger partial charge >= 0.3 is 0 Å². The van der Waals surface area contributed by atoms with Gasteiger partial charge in [0.05, 0.1) is 0 Å². The van der Waals surface area contributed by atoms with Crippen LogP contribution >= 0.6 is 0 Å². The summed E-state index contributed by atoms with van der Waals surface area (Å²) in [5.74, 6) is 0. The Morgan fingerprint density at radius 3 is 2.18 bits per heavy atom. The Morgan fingerprint density at radius 1 is 1.18 bits per heavy atom. The highest BCUT2D eigenvalue weighted by Gasteiger charge is 2.14. The topological polar surface area (TPSA) is 52.4 Å². The zero-order chi connectivity index (χ0) is 8.10. The Morgan fingerprint density at radius 2 is 1.73 bits per heavy atom. The zero-order valence-corrected chi connectivity index (χ0v) is 6.49. The molecule has 0 amide bonds. The lowest BCUT2D eigenvalue weighted by Crippen LogP contribution is -2.15. The number of hydrogen-bond donors (Lipinski definition) is 0. The molecule has 11 heavy (non-hydrogen) atoms. The largest absolute Gasteiger partial charge is 0.311 e. The fourth-order valence-electron chi connectivity index (χ4n) is 1.47. The van der Waals surface area contributed by atoms with Crippen LogP contribution in [0.25, 0.3) is 0 Å². The molecule has 0 N–H and O–H groups in total. The summed E-state index contributed by atoms with van der Waals surface area (Å²) in [5.41, 5.74) is 0. The lowest BCUT2D eigenvalue weighted by atomic mass is 10.2. The van der Waals surface area contributed by atoms with Gasteiger partial charge in [0, 0.05) is 0 Å². The van der Waals surface area contributed by atoms with Gasteiger partial charge in [-0.15, -0.1) is 10.1 Å². The molecule has 1 aliphatic rings. The van der Waals surface area contributed by atoms with Gasteiger partial charge in [0.2, 0.25) is 0 Å². The molecule has 1 saturated carbocycles. The molecule has 0 aromatic rings. The van der Waals surface area contributed by atoms with Crippen LogP contribution in [-0.2, 0) is 4.84 Å². The highest BCUT2D eigenvalue weighted by molar-refractivity contribution is 4.61. The minimum absolute atomic E-state index is 0.132. The fourth-order valence-corrected chi connectivity index (χ4v) is 1.47. The molecule has 0 unspecified atom stereocenters. The summed E-state index contributed by atoms with van der Waals surface area (Å²) in [6, 6.07) is 0. The molecule has 0 radical (unpaired) electrons. The zero-order valence-electron chi connectivity index (χ0n) is 6.49. The summed E-state index contributed by atoms with van der Waals surface area (Å²) >= 11 is 0. The maximum absolute atomic E-state index is 9.96. The van der Waals surface area contributed by atoms with Crippen LogP contribution in [0, 0.1) is 10.1 Å². The van der Waals surface area contributed by atoms with E-state index in [9.17, 15) is 10.1 Å². The van der Waals surface area contributed by atoms with Crippen molar-refractivity contribution < 1.29 is 9.92 Å².